The van der Waals surface area contributed by atoms with Crippen molar-refractivity contribution >= 4 is 23.1 Å². The quantitative estimate of drug-likeness (QED) is 0.137. The number of phenols is 1. The normalized spacial score (nSPS) is 16.5. The Morgan fingerprint density at radius 2 is 1.50 bits per heavy atom. The van der Waals surface area contributed by atoms with E-state index in [1.165, 1.54) is 17.0 Å². The van der Waals surface area contributed by atoms with E-state index in [1.807, 2.05) is 58.0 Å². The van der Waals surface area contributed by atoms with Crippen molar-refractivity contribution in [1.82, 2.24) is 0 Å². The zero-order chi connectivity index (χ0) is 30.0. The number of benzene rings is 4. The molecule has 1 atom stereocenters. The number of nitrogens with zero attached hydrogens (tertiary/aromatic N) is 1. The predicted octanol–water partition coefficient (Wildman–Crippen LogP) is 7.51. The van der Waals surface area contributed by atoms with Crippen LogP contribution in [0, 0.1) is 0 Å². The van der Waals surface area contributed by atoms with Crippen LogP contribution in [-0.4, -0.2) is 28.5 Å². The summed E-state index contributed by atoms with van der Waals surface area (Å²) in [6.45, 7) is 8.50. The third kappa shape index (κ3) is 5.59. The molecule has 4 aromatic rings. The highest BCUT2D eigenvalue weighted by molar-refractivity contribution is 6.51. The predicted molar refractivity (Wildman–Crippen MR) is 162 cm³/mol. The van der Waals surface area contributed by atoms with Crippen LogP contribution >= 0.6 is 0 Å². The number of carbonyl (C=O) groups excluding carboxylic acids is 2. The lowest BCUT2D eigenvalue weighted by molar-refractivity contribution is -0.132. The van der Waals surface area contributed by atoms with Gasteiger partial charge < -0.3 is 19.7 Å². The van der Waals surface area contributed by atoms with Gasteiger partial charge >= 0.3 is 0 Å². The van der Waals surface area contributed by atoms with Crippen LogP contribution in [0.4, 0.5) is 5.69 Å². The number of anilines is 1. The van der Waals surface area contributed by atoms with Crippen molar-refractivity contribution in [2.24, 2.45) is 0 Å². The van der Waals surface area contributed by atoms with Gasteiger partial charge in [-0.25, -0.2) is 0 Å². The Hall–Kier alpha value is -5.04. The minimum atomic E-state index is -0.934. The molecule has 7 nitrogen and oxygen atoms in total. The van der Waals surface area contributed by atoms with Gasteiger partial charge in [-0.3, -0.25) is 14.5 Å². The molecule has 4 aromatic carbocycles. The van der Waals surface area contributed by atoms with Crippen molar-refractivity contribution in [2.45, 2.75) is 39.2 Å². The van der Waals surface area contributed by atoms with Crippen LogP contribution in [0.2, 0.25) is 0 Å². The Labute approximate surface area is 245 Å². The average molecular weight is 564 g/mol. The maximum atomic E-state index is 13.6. The van der Waals surface area contributed by atoms with E-state index < -0.39 is 17.7 Å². The van der Waals surface area contributed by atoms with Crippen molar-refractivity contribution in [3.05, 3.63) is 119 Å². The molecule has 0 aromatic heterocycles. The largest absolute Gasteiger partial charge is 0.508 e. The minimum Gasteiger partial charge on any atom is -0.508 e. The summed E-state index contributed by atoms with van der Waals surface area (Å²) in [5, 5.41) is 21.6. The molecule has 1 aliphatic rings. The molecule has 5 rings (SSSR count). The first-order chi connectivity index (χ1) is 20.1. The first-order valence-electron chi connectivity index (χ1n) is 13.8. The number of rotatable bonds is 7. The van der Waals surface area contributed by atoms with Gasteiger partial charge in [0.15, 0.2) is 0 Å². The summed E-state index contributed by atoms with van der Waals surface area (Å²) in [4.78, 5) is 28.5. The van der Waals surface area contributed by atoms with Gasteiger partial charge in [0.05, 0.1) is 18.2 Å². The van der Waals surface area contributed by atoms with Gasteiger partial charge in [-0.05, 0) is 84.6 Å². The summed E-state index contributed by atoms with van der Waals surface area (Å²) >= 11 is 0. The number of aromatic hydroxyl groups is 1. The van der Waals surface area contributed by atoms with E-state index in [0.717, 1.165) is 5.56 Å². The number of aliphatic hydroxyl groups excluding tert-OH is 1. The summed E-state index contributed by atoms with van der Waals surface area (Å²) in [5.74, 6) is 0.0992. The molecular weight excluding hydrogens is 530 g/mol. The Morgan fingerprint density at radius 3 is 2.12 bits per heavy atom. The number of ether oxygens (including phenoxy) is 2. The van der Waals surface area contributed by atoms with E-state index in [0.29, 0.717) is 40.7 Å². The number of amides is 1. The molecule has 1 heterocycles. The lowest BCUT2D eigenvalue weighted by atomic mass is 9.84. The van der Waals surface area contributed by atoms with Crippen molar-refractivity contribution in [3.63, 3.8) is 0 Å². The van der Waals surface area contributed by atoms with Gasteiger partial charge in [-0.15, -0.1) is 0 Å². The fourth-order valence-electron chi connectivity index (χ4n) is 5.07. The second kappa shape index (κ2) is 11.4. The molecule has 1 amide bonds. The highest BCUT2D eigenvalue weighted by Crippen LogP contribution is 2.44. The number of Topliss-reactive ketones (excluding diaryl/α,β-unsaturated/α-hetero) is 1. The summed E-state index contributed by atoms with van der Waals surface area (Å²) in [6.07, 6.45) is 0. The molecule has 214 valence electrons. The molecule has 1 fully saturated rings. The topological polar surface area (TPSA) is 96.3 Å². The van der Waals surface area contributed by atoms with E-state index in [4.69, 9.17) is 9.47 Å². The molecule has 0 bridgehead atoms. The van der Waals surface area contributed by atoms with E-state index >= 15 is 0 Å². The van der Waals surface area contributed by atoms with Crippen LogP contribution in [0.15, 0.2) is 103 Å². The maximum Gasteiger partial charge on any atom is 0.300 e. The van der Waals surface area contributed by atoms with Crippen LogP contribution in [0.3, 0.4) is 0 Å². The molecule has 0 saturated carbocycles. The van der Waals surface area contributed by atoms with Gasteiger partial charge in [0.1, 0.15) is 28.8 Å². The number of carbonyl (C=O) groups is 2. The van der Waals surface area contributed by atoms with Crippen molar-refractivity contribution in [2.75, 3.05) is 11.5 Å². The first kappa shape index (κ1) is 28.5. The average Bonchev–Trinajstić information content (AvgIpc) is 3.24. The third-order valence-electron chi connectivity index (χ3n) is 7.11. The van der Waals surface area contributed by atoms with Gasteiger partial charge in [0.2, 0.25) is 0 Å². The first-order valence-corrected chi connectivity index (χ1v) is 13.8. The number of phenolic OH excluding ortho intramolecular Hbond substituents is 1. The van der Waals surface area contributed by atoms with E-state index in [1.54, 1.807) is 54.6 Å². The lowest BCUT2D eigenvalue weighted by Crippen LogP contribution is -2.29. The Kier molecular flexibility index (Phi) is 7.77. The number of hydrogen-bond donors (Lipinski definition) is 2. The fourth-order valence-corrected chi connectivity index (χ4v) is 5.07. The molecular formula is C35H33NO6. The lowest BCUT2D eigenvalue weighted by Gasteiger charge is -2.26. The van der Waals surface area contributed by atoms with Gasteiger partial charge in [0, 0.05) is 16.8 Å². The van der Waals surface area contributed by atoms with E-state index in [2.05, 4.69) is 0 Å². The molecule has 0 radical (unpaired) electrons. The summed E-state index contributed by atoms with van der Waals surface area (Å²) in [6, 6.07) is 26.7. The summed E-state index contributed by atoms with van der Waals surface area (Å²) < 4.78 is 11.7. The van der Waals surface area contributed by atoms with E-state index in [9.17, 15) is 19.8 Å². The van der Waals surface area contributed by atoms with Crippen LogP contribution in [0.1, 0.15) is 50.4 Å². The SMILES string of the molecule is CCOc1ccc(/C(O)=C2/C(=O)C(=O)N(c3ccc(Oc4ccccc4)cc3)C2c2ccc(O)cc2)cc1C(C)(C)C. The number of para-hydroxylation sites is 1. The molecule has 0 aliphatic carbocycles. The summed E-state index contributed by atoms with van der Waals surface area (Å²) in [5.41, 5.74) is 1.91. The van der Waals surface area contributed by atoms with Gasteiger partial charge in [-0.1, -0.05) is 51.1 Å². The molecule has 7 heteroatoms. The van der Waals surface area contributed by atoms with E-state index in [-0.39, 0.29) is 22.5 Å². The number of hydrogen-bond acceptors (Lipinski definition) is 6. The molecule has 2 N–H and O–H groups in total. The molecule has 0 spiro atoms. The smallest absolute Gasteiger partial charge is 0.300 e. The Morgan fingerprint density at radius 1 is 0.857 bits per heavy atom. The zero-order valence-corrected chi connectivity index (χ0v) is 24.0. The summed E-state index contributed by atoms with van der Waals surface area (Å²) in [7, 11) is 0. The Balaban J connectivity index is 1.61. The Bertz CT molecular complexity index is 1630. The molecule has 1 saturated heterocycles. The van der Waals surface area contributed by atoms with Gasteiger partial charge in [0.25, 0.3) is 11.7 Å². The molecule has 1 unspecified atom stereocenters. The van der Waals surface area contributed by atoms with Crippen LogP contribution in [-0.2, 0) is 15.0 Å². The second-order valence-corrected chi connectivity index (χ2v) is 11.1. The van der Waals surface area contributed by atoms with Crippen molar-refractivity contribution in [1.29, 1.82) is 0 Å². The standard InChI is InChI=1S/C35H33NO6/c1-5-41-29-20-13-23(21-28(29)35(2,3)4)32(38)30-31(22-11-16-25(37)17-12-22)36(34(40)33(30)39)24-14-18-27(19-15-24)42-26-9-7-6-8-10-26/h6-21,31,37-38H,5H2,1-4H3/b32-30-. The number of ketones is 1. The third-order valence-corrected chi connectivity index (χ3v) is 7.11. The van der Waals surface area contributed by atoms with Crippen molar-refractivity contribution < 1.29 is 29.3 Å². The van der Waals surface area contributed by atoms with Crippen molar-refractivity contribution in [3.8, 4) is 23.0 Å². The van der Waals surface area contributed by atoms with Crippen LogP contribution in [0.5, 0.6) is 23.0 Å². The van der Waals surface area contributed by atoms with Gasteiger partial charge in [-0.2, -0.15) is 0 Å². The maximum absolute atomic E-state index is 13.6. The number of aliphatic hydroxyl groups is 1. The highest BCUT2D eigenvalue weighted by Gasteiger charge is 2.47. The monoisotopic (exact) mass is 563 g/mol. The fraction of sp³-hybridized carbons (Fsp3) is 0.200. The van der Waals surface area contributed by atoms with Crippen LogP contribution < -0.4 is 14.4 Å². The molecule has 1 aliphatic heterocycles. The zero-order valence-electron chi connectivity index (χ0n) is 24.0. The molecule has 42 heavy (non-hydrogen) atoms. The van der Waals surface area contributed by atoms with Crippen LogP contribution in [0.25, 0.3) is 5.76 Å². The minimum absolute atomic E-state index is 0.0412. The highest BCUT2D eigenvalue weighted by atomic mass is 16.5. The second-order valence-electron chi connectivity index (χ2n) is 11.1.